The molecule has 0 radical (unpaired) electrons. The van der Waals surface area contributed by atoms with Crippen molar-refractivity contribution in [3.8, 4) is 5.75 Å². The minimum atomic E-state index is -0.387. The van der Waals surface area contributed by atoms with Gasteiger partial charge in [-0.05, 0) is 60.7 Å². The lowest BCUT2D eigenvalue weighted by atomic mass is 10.2. The number of carbonyl (C=O) groups is 2. The summed E-state index contributed by atoms with van der Waals surface area (Å²) in [6, 6.07) is 18.4. The number of ether oxygens (including phenoxy) is 2. The molecule has 1 aliphatic rings. The molecule has 3 aromatic rings. The van der Waals surface area contributed by atoms with Gasteiger partial charge in [-0.25, -0.2) is 9.78 Å². The quantitative estimate of drug-likeness (QED) is 0.581. The molecule has 33 heavy (non-hydrogen) atoms. The normalized spacial score (nSPS) is 13.4. The van der Waals surface area contributed by atoms with Crippen molar-refractivity contribution in [2.24, 2.45) is 0 Å². The maximum atomic E-state index is 12.4. The Kier molecular flexibility index (Phi) is 6.73. The Labute approximate surface area is 192 Å². The predicted molar refractivity (Wildman–Crippen MR) is 127 cm³/mol. The van der Waals surface area contributed by atoms with Gasteiger partial charge in [0.15, 0.2) is 0 Å². The zero-order valence-electron chi connectivity index (χ0n) is 18.7. The molecule has 0 saturated carbocycles. The number of rotatable bonds is 6. The lowest BCUT2D eigenvalue weighted by Gasteiger charge is -2.36. The number of nitrogens with one attached hydrogen (secondary N) is 1. The molecule has 2 heterocycles. The van der Waals surface area contributed by atoms with Crippen molar-refractivity contribution in [3.63, 3.8) is 0 Å². The third kappa shape index (κ3) is 5.23. The Morgan fingerprint density at radius 1 is 0.818 bits per heavy atom. The van der Waals surface area contributed by atoms with Crippen LogP contribution in [0.15, 0.2) is 66.9 Å². The number of nitrogens with zero attached hydrogens (tertiary/aromatic N) is 3. The molecule has 1 fully saturated rings. The van der Waals surface area contributed by atoms with Crippen LogP contribution in [0.25, 0.3) is 0 Å². The van der Waals surface area contributed by atoms with E-state index in [0.29, 0.717) is 16.9 Å². The van der Waals surface area contributed by atoms with Gasteiger partial charge in [-0.15, -0.1) is 0 Å². The van der Waals surface area contributed by atoms with Crippen molar-refractivity contribution < 1.29 is 19.1 Å². The van der Waals surface area contributed by atoms with Gasteiger partial charge < -0.3 is 24.6 Å². The molecule has 0 unspecified atom stereocenters. The van der Waals surface area contributed by atoms with Crippen LogP contribution in [0.4, 0.5) is 17.2 Å². The Morgan fingerprint density at radius 3 is 2.03 bits per heavy atom. The number of methoxy groups -OCH3 is 2. The van der Waals surface area contributed by atoms with Gasteiger partial charge in [0, 0.05) is 49.3 Å². The molecule has 0 spiro atoms. The first kappa shape index (κ1) is 22.1. The van der Waals surface area contributed by atoms with E-state index < -0.39 is 0 Å². The summed E-state index contributed by atoms with van der Waals surface area (Å²) in [6.45, 7) is 3.33. The molecule has 8 nitrogen and oxygen atoms in total. The van der Waals surface area contributed by atoms with E-state index in [-0.39, 0.29) is 11.9 Å². The summed E-state index contributed by atoms with van der Waals surface area (Å²) in [4.78, 5) is 32.9. The Balaban J connectivity index is 1.31. The molecule has 0 aliphatic carbocycles. The standard InChI is InChI=1S/C25H26N4O4/c1-32-22-10-3-18(4-11-22)24(30)27-20-6-8-21(9-7-20)28-13-15-29(16-14-28)23-12-5-19(17-26-23)25(31)33-2/h3-12,17H,13-16H2,1-2H3,(H,27,30). The number of hydrogen-bond donors (Lipinski definition) is 1. The monoisotopic (exact) mass is 446 g/mol. The number of carbonyl (C=O) groups excluding carboxylic acids is 2. The van der Waals surface area contributed by atoms with Crippen LogP contribution in [0.1, 0.15) is 20.7 Å². The molecule has 1 amide bonds. The van der Waals surface area contributed by atoms with E-state index in [1.807, 2.05) is 30.3 Å². The van der Waals surface area contributed by atoms with Crippen LogP contribution in [0.2, 0.25) is 0 Å². The molecule has 0 bridgehead atoms. The Hall–Kier alpha value is -4.07. The maximum Gasteiger partial charge on any atom is 0.339 e. The zero-order chi connectivity index (χ0) is 23.2. The first-order valence-corrected chi connectivity index (χ1v) is 10.7. The first-order valence-electron chi connectivity index (χ1n) is 10.7. The fraction of sp³-hybridized carbons (Fsp3) is 0.240. The second kappa shape index (κ2) is 10.0. The van der Waals surface area contributed by atoms with E-state index in [1.165, 1.54) is 7.11 Å². The molecular weight excluding hydrogens is 420 g/mol. The lowest BCUT2D eigenvalue weighted by molar-refractivity contribution is 0.0600. The van der Waals surface area contributed by atoms with Gasteiger partial charge in [0.05, 0.1) is 19.8 Å². The number of anilines is 3. The summed E-state index contributed by atoms with van der Waals surface area (Å²) in [5.74, 6) is 1.01. The number of aromatic nitrogens is 1. The lowest BCUT2D eigenvalue weighted by Crippen LogP contribution is -2.46. The molecule has 1 aliphatic heterocycles. The van der Waals surface area contributed by atoms with Crippen molar-refractivity contribution in [1.29, 1.82) is 0 Å². The van der Waals surface area contributed by atoms with Crippen molar-refractivity contribution in [2.75, 3.05) is 55.5 Å². The highest BCUT2D eigenvalue weighted by Gasteiger charge is 2.19. The molecule has 1 saturated heterocycles. The first-order chi connectivity index (χ1) is 16.1. The third-order valence-corrected chi connectivity index (χ3v) is 5.62. The van der Waals surface area contributed by atoms with Crippen molar-refractivity contribution in [2.45, 2.75) is 0 Å². The molecule has 4 rings (SSSR count). The molecule has 0 atom stereocenters. The number of benzene rings is 2. The number of pyridine rings is 1. The van der Waals surface area contributed by atoms with Gasteiger partial charge in [-0.1, -0.05) is 0 Å². The average molecular weight is 447 g/mol. The van der Waals surface area contributed by atoms with Gasteiger partial charge >= 0.3 is 5.97 Å². The Bertz CT molecular complexity index is 1090. The minimum absolute atomic E-state index is 0.162. The van der Waals surface area contributed by atoms with Crippen LogP contribution in [0, 0.1) is 0 Å². The van der Waals surface area contributed by atoms with E-state index >= 15 is 0 Å². The van der Waals surface area contributed by atoms with Gasteiger partial charge in [-0.3, -0.25) is 4.79 Å². The van der Waals surface area contributed by atoms with E-state index in [1.54, 1.807) is 43.6 Å². The molecule has 1 aromatic heterocycles. The highest BCUT2D eigenvalue weighted by atomic mass is 16.5. The molecule has 1 N–H and O–H groups in total. The van der Waals surface area contributed by atoms with Crippen molar-refractivity contribution in [1.82, 2.24) is 4.98 Å². The summed E-state index contributed by atoms with van der Waals surface area (Å²) in [5, 5.41) is 2.92. The molecule has 170 valence electrons. The van der Waals surface area contributed by atoms with Crippen LogP contribution in [0.3, 0.4) is 0 Å². The number of esters is 1. The largest absolute Gasteiger partial charge is 0.497 e. The van der Waals surface area contributed by atoms with Gasteiger partial charge in [0.2, 0.25) is 0 Å². The maximum absolute atomic E-state index is 12.4. The fourth-order valence-corrected chi connectivity index (χ4v) is 3.71. The zero-order valence-corrected chi connectivity index (χ0v) is 18.7. The summed E-state index contributed by atoms with van der Waals surface area (Å²) in [6.07, 6.45) is 1.55. The van der Waals surface area contributed by atoms with Crippen LogP contribution in [-0.4, -0.2) is 57.3 Å². The SMILES string of the molecule is COC(=O)c1ccc(N2CCN(c3ccc(NC(=O)c4ccc(OC)cc4)cc3)CC2)nc1. The highest BCUT2D eigenvalue weighted by Crippen LogP contribution is 2.22. The summed E-state index contributed by atoms with van der Waals surface area (Å²) >= 11 is 0. The summed E-state index contributed by atoms with van der Waals surface area (Å²) in [5.41, 5.74) is 2.86. The fourth-order valence-electron chi connectivity index (χ4n) is 3.71. The van der Waals surface area contributed by atoms with Gasteiger partial charge in [-0.2, -0.15) is 0 Å². The number of amides is 1. The van der Waals surface area contributed by atoms with Crippen LogP contribution in [0.5, 0.6) is 5.75 Å². The molecule has 2 aromatic carbocycles. The van der Waals surface area contributed by atoms with Crippen LogP contribution >= 0.6 is 0 Å². The second-order valence-corrected chi connectivity index (χ2v) is 7.60. The Morgan fingerprint density at radius 2 is 1.45 bits per heavy atom. The van der Waals surface area contributed by atoms with E-state index in [2.05, 4.69) is 20.1 Å². The highest BCUT2D eigenvalue weighted by molar-refractivity contribution is 6.04. The van der Waals surface area contributed by atoms with E-state index in [9.17, 15) is 9.59 Å². The van der Waals surface area contributed by atoms with E-state index in [4.69, 9.17) is 9.47 Å². The molecular formula is C25H26N4O4. The summed E-state index contributed by atoms with van der Waals surface area (Å²) < 4.78 is 9.85. The molecule has 8 heteroatoms. The average Bonchev–Trinajstić information content (AvgIpc) is 2.89. The van der Waals surface area contributed by atoms with Crippen LogP contribution in [-0.2, 0) is 4.74 Å². The van der Waals surface area contributed by atoms with Gasteiger partial charge in [0.1, 0.15) is 11.6 Å². The van der Waals surface area contributed by atoms with Gasteiger partial charge in [0.25, 0.3) is 5.91 Å². The second-order valence-electron chi connectivity index (χ2n) is 7.60. The topological polar surface area (TPSA) is 84.0 Å². The third-order valence-electron chi connectivity index (χ3n) is 5.62. The van der Waals surface area contributed by atoms with E-state index in [0.717, 1.165) is 43.4 Å². The number of piperazine rings is 1. The minimum Gasteiger partial charge on any atom is -0.497 e. The smallest absolute Gasteiger partial charge is 0.339 e. The van der Waals surface area contributed by atoms with Crippen molar-refractivity contribution >= 4 is 29.1 Å². The van der Waals surface area contributed by atoms with Crippen LogP contribution < -0.4 is 19.9 Å². The predicted octanol–water partition coefficient (Wildman–Crippen LogP) is 3.46. The summed E-state index contributed by atoms with van der Waals surface area (Å²) in [7, 11) is 2.95. The number of hydrogen-bond acceptors (Lipinski definition) is 7. The van der Waals surface area contributed by atoms with Crippen molar-refractivity contribution in [3.05, 3.63) is 78.0 Å².